The number of carbonyl (C=O) groups is 2. The first-order chi connectivity index (χ1) is 23.2. The van der Waals surface area contributed by atoms with Gasteiger partial charge in [-0.1, -0.05) is 134 Å². The zero-order valence-electron chi connectivity index (χ0n) is 28.8. The summed E-state index contributed by atoms with van der Waals surface area (Å²) in [6, 6.07) is 21.0. The van der Waals surface area contributed by atoms with Gasteiger partial charge in [0.2, 0.25) is 0 Å². The zero-order valence-corrected chi connectivity index (χ0v) is 28.8. The van der Waals surface area contributed by atoms with Crippen LogP contribution in [-0.4, -0.2) is 24.2 Å². The predicted octanol–water partition coefficient (Wildman–Crippen LogP) is 12.5. The van der Waals surface area contributed by atoms with E-state index < -0.39 is 24.2 Å². The lowest BCUT2D eigenvalue weighted by Gasteiger charge is -2.20. The molecule has 1 unspecified atom stereocenters. The van der Waals surface area contributed by atoms with Crippen LogP contribution < -0.4 is 4.74 Å². The number of benzene rings is 3. The predicted molar refractivity (Wildman–Crippen MR) is 187 cm³/mol. The molecule has 0 amide bonds. The van der Waals surface area contributed by atoms with Crippen molar-refractivity contribution < 1.29 is 32.2 Å². The Bertz CT molecular complexity index is 1330. The molecule has 3 aromatic rings. The minimum absolute atomic E-state index is 0.0458. The first kappa shape index (κ1) is 38.8. The molecule has 48 heavy (non-hydrogen) atoms. The van der Waals surface area contributed by atoms with Crippen LogP contribution in [0.15, 0.2) is 72.8 Å². The second kappa shape index (κ2) is 21.4. The van der Waals surface area contributed by atoms with Gasteiger partial charge in [0.05, 0.1) is 11.1 Å². The van der Waals surface area contributed by atoms with Crippen LogP contribution in [0, 0.1) is 0 Å². The van der Waals surface area contributed by atoms with Crippen molar-refractivity contribution in [3.8, 4) is 16.9 Å². The van der Waals surface area contributed by atoms with Gasteiger partial charge < -0.3 is 9.47 Å². The topological polar surface area (TPSA) is 52.6 Å². The van der Waals surface area contributed by atoms with Crippen LogP contribution in [0.2, 0.25) is 0 Å². The van der Waals surface area contributed by atoms with Crippen molar-refractivity contribution in [2.24, 2.45) is 0 Å². The first-order valence-corrected chi connectivity index (χ1v) is 18.0. The molecule has 0 heterocycles. The van der Waals surface area contributed by atoms with Crippen molar-refractivity contribution in [1.29, 1.82) is 0 Å². The number of hydrogen-bond acceptors (Lipinski definition) is 4. The van der Waals surface area contributed by atoms with E-state index in [4.69, 9.17) is 9.47 Å². The third-order valence-electron chi connectivity index (χ3n) is 8.71. The quantitative estimate of drug-likeness (QED) is 0.0608. The number of rotatable bonds is 22. The van der Waals surface area contributed by atoms with Gasteiger partial charge >= 0.3 is 18.1 Å². The van der Waals surface area contributed by atoms with Gasteiger partial charge in [-0.2, -0.15) is 13.2 Å². The van der Waals surface area contributed by atoms with E-state index in [1.807, 2.05) is 12.1 Å². The van der Waals surface area contributed by atoms with Crippen molar-refractivity contribution >= 4 is 11.9 Å². The number of hydrogen-bond donors (Lipinski definition) is 0. The van der Waals surface area contributed by atoms with Crippen LogP contribution in [0.25, 0.3) is 11.1 Å². The fourth-order valence-electron chi connectivity index (χ4n) is 5.72. The maximum Gasteiger partial charge on any atom is 0.425 e. The minimum Gasteiger partial charge on any atom is -0.449 e. The lowest BCUT2D eigenvalue weighted by molar-refractivity contribution is -0.206. The summed E-state index contributed by atoms with van der Waals surface area (Å²) in [5.41, 5.74) is 3.68. The number of ether oxygens (including phenoxy) is 2. The van der Waals surface area contributed by atoms with Crippen LogP contribution in [-0.2, 0) is 11.2 Å². The molecule has 0 aliphatic heterocycles. The number of carbonyl (C=O) groups excluding carboxylic acids is 2. The molecule has 0 aliphatic rings. The molecule has 7 heteroatoms. The molecular weight excluding hydrogens is 613 g/mol. The molecule has 3 aromatic carbocycles. The number of halogens is 3. The largest absolute Gasteiger partial charge is 0.449 e. The Morgan fingerprint density at radius 1 is 0.562 bits per heavy atom. The van der Waals surface area contributed by atoms with E-state index in [2.05, 4.69) is 38.1 Å². The Morgan fingerprint density at radius 2 is 1.00 bits per heavy atom. The second-order valence-corrected chi connectivity index (χ2v) is 12.8. The molecule has 0 bridgehead atoms. The third kappa shape index (κ3) is 14.2. The highest BCUT2D eigenvalue weighted by Gasteiger charge is 2.42. The number of alkyl halides is 3. The summed E-state index contributed by atoms with van der Waals surface area (Å²) < 4.78 is 50.8. The third-order valence-corrected chi connectivity index (χ3v) is 8.71. The van der Waals surface area contributed by atoms with Crippen molar-refractivity contribution in [3.63, 3.8) is 0 Å². The first-order valence-electron chi connectivity index (χ1n) is 18.0. The average Bonchev–Trinajstić information content (AvgIpc) is 3.08. The van der Waals surface area contributed by atoms with Crippen molar-refractivity contribution in [1.82, 2.24) is 0 Å². The molecule has 0 radical (unpaired) electrons. The van der Waals surface area contributed by atoms with Crippen molar-refractivity contribution in [2.45, 2.75) is 135 Å². The van der Waals surface area contributed by atoms with E-state index in [9.17, 15) is 22.8 Å². The van der Waals surface area contributed by atoms with Crippen LogP contribution in [0.1, 0.15) is 143 Å². The van der Waals surface area contributed by atoms with Crippen molar-refractivity contribution in [2.75, 3.05) is 0 Å². The summed E-state index contributed by atoms with van der Waals surface area (Å²) in [7, 11) is 0. The van der Waals surface area contributed by atoms with Gasteiger partial charge in [0, 0.05) is 0 Å². The molecule has 0 aromatic heterocycles. The van der Waals surface area contributed by atoms with Gasteiger partial charge in [-0.3, -0.25) is 0 Å². The minimum atomic E-state index is -4.64. The Kier molecular flexibility index (Phi) is 17.3. The summed E-state index contributed by atoms with van der Waals surface area (Å²) in [6.45, 7) is 4.33. The van der Waals surface area contributed by atoms with Crippen LogP contribution in [0.3, 0.4) is 0 Å². The summed E-state index contributed by atoms with van der Waals surface area (Å²) in [4.78, 5) is 25.2. The lowest BCUT2D eigenvalue weighted by atomic mass is 10.00. The molecule has 1 atom stereocenters. The van der Waals surface area contributed by atoms with E-state index in [0.29, 0.717) is 18.4 Å². The Morgan fingerprint density at radius 3 is 1.52 bits per heavy atom. The van der Waals surface area contributed by atoms with Crippen LogP contribution >= 0.6 is 0 Å². The molecule has 0 N–H and O–H groups in total. The molecule has 0 saturated carbocycles. The van der Waals surface area contributed by atoms with E-state index in [0.717, 1.165) is 43.2 Å². The maximum absolute atomic E-state index is 13.5. The van der Waals surface area contributed by atoms with Gasteiger partial charge in [0.1, 0.15) is 5.75 Å². The van der Waals surface area contributed by atoms with Gasteiger partial charge in [-0.25, -0.2) is 9.59 Å². The molecule has 0 saturated heterocycles. The Hall–Kier alpha value is -3.61. The van der Waals surface area contributed by atoms with Crippen molar-refractivity contribution in [3.05, 3.63) is 89.5 Å². The van der Waals surface area contributed by atoms with Gasteiger partial charge in [0.25, 0.3) is 0 Å². The number of unbranched alkanes of at least 4 members (excludes halogenated alkanes) is 13. The maximum atomic E-state index is 13.5. The fraction of sp³-hybridized carbons (Fsp3) is 0.512. The normalized spacial score (nSPS) is 12.1. The van der Waals surface area contributed by atoms with E-state index in [-0.39, 0.29) is 17.7 Å². The SMILES string of the molecule is CCCCCCCCCCCc1ccc(-c2ccc(C(=O)Oc3ccc(C(=O)OC(CCCCCCCC)C(F)(F)F)cc3)cc2)cc1. The summed E-state index contributed by atoms with van der Waals surface area (Å²) in [6.07, 6.45) is 10.8. The number of aryl methyl sites for hydroxylation is 1. The summed E-state index contributed by atoms with van der Waals surface area (Å²) in [5, 5.41) is 0. The average molecular weight is 667 g/mol. The van der Waals surface area contributed by atoms with Crippen LogP contribution in [0.5, 0.6) is 5.75 Å². The monoisotopic (exact) mass is 666 g/mol. The highest BCUT2D eigenvalue weighted by molar-refractivity contribution is 5.92. The second-order valence-electron chi connectivity index (χ2n) is 12.8. The Balaban J connectivity index is 1.44. The van der Waals surface area contributed by atoms with E-state index >= 15 is 0 Å². The van der Waals surface area contributed by atoms with Gasteiger partial charge in [0.15, 0.2) is 6.10 Å². The summed E-state index contributed by atoms with van der Waals surface area (Å²) in [5.74, 6) is -1.47. The standard InChI is InChI=1S/C41H53F3O4/c1-3-5-7-9-11-12-13-14-16-18-32-20-22-33(23-21-32)34-24-26-35(27-25-34)39(45)47-37-30-28-36(29-31-37)40(46)48-38(41(42,43)44)19-17-15-10-8-6-4-2/h20-31,38H,3-19H2,1-2H3. The molecular formula is C41H53F3O4. The molecule has 4 nitrogen and oxygen atoms in total. The van der Waals surface area contributed by atoms with E-state index in [1.54, 1.807) is 12.1 Å². The highest BCUT2D eigenvalue weighted by atomic mass is 19.4. The lowest BCUT2D eigenvalue weighted by Crippen LogP contribution is -2.33. The number of esters is 2. The molecule has 0 spiro atoms. The van der Waals surface area contributed by atoms with Crippen LogP contribution in [0.4, 0.5) is 13.2 Å². The fourth-order valence-corrected chi connectivity index (χ4v) is 5.72. The van der Waals surface area contributed by atoms with E-state index in [1.165, 1.54) is 87.6 Å². The highest BCUT2D eigenvalue weighted by Crippen LogP contribution is 2.29. The smallest absolute Gasteiger partial charge is 0.425 e. The molecule has 0 aliphatic carbocycles. The zero-order chi connectivity index (χ0) is 34.6. The van der Waals surface area contributed by atoms with Gasteiger partial charge in [-0.05, 0) is 78.8 Å². The molecule has 3 rings (SSSR count). The summed E-state index contributed by atoms with van der Waals surface area (Å²) >= 11 is 0. The Labute approximate surface area is 285 Å². The molecule has 262 valence electrons. The molecule has 0 fully saturated rings. The van der Waals surface area contributed by atoms with Gasteiger partial charge in [-0.15, -0.1) is 0 Å².